The van der Waals surface area contributed by atoms with Gasteiger partial charge in [-0.1, -0.05) is 12.1 Å². The Labute approximate surface area is 143 Å². The van der Waals surface area contributed by atoms with Gasteiger partial charge in [0.1, 0.15) is 0 Å². The van der Waals surface area contributed by atoms with Crippen LogP contribution in [0.1, 0.15) is 24.5 Å². The molecule has 1 aromatic carbocycles. The van der Waals surface area contributed by atoms with Crippen LogP contribution in [-0.2, 0) is 15.8 Å². The Morgan fingerprint density at radius 3 is 2.54 bits per heavy atom. The van der Waals surface area contributed by atoms with Gasteiger partial charge in [-0.2, -0.15) is 13.2 Å². The number of nitrogens with zero attached hydrogens (tertiary/aromatic N) is 1. The van der Waals surface area contributed by atoms with Gasteiger partial charge in [0.25, 0.3) is 0 Å². The van der Waals surface area contributed by atoms with Gasteiger partial charge in [-0.25, -0.2) is 0 Å². The number of halogens is 4. The zero-order valence-electron chi connectivity index (χ0n) is 12.8. The third kappa shape index (κ3) is 4.74. The standard InChI is InChI=1S/C16H16F3NO3.ClH/c1-10(11-3-2-4-13(8-11)16(17,18)19)7-14(21)20-6-5-12(9-20)15(22)23;/h2-4,7-8,12H,5-6,9H2,1H3,(H,22,23);1H/b10-7-;. The zero-order valence-corrected chi connectivity index (χ0v) is 13.7. The second-order valence-corrected chi connectivity index (χ2v) is 5.51. The Kier molecular flexibility index (Phi) is 6.42. The van der Waals surface area contributed by atoms with Gasteiger partial charge < -0.3 is 10.0 Å². The number of amides is 1. The molecule has 0 bridgehead atoms. The molecule has 1 aromatic rings. The maximum Gasteiger partial charge on any atom is 0.416 e. The smallest absolute Gasteiger partial charge is 0.416 e. The van der Waals surface area contributed by atoms with Crippen molar-refractivity contribution < 1.29 is 27.9 Å². The molecule has 8 heteroatoms. The SMILES string of the molecule is C/C(=C/C(=O)N1CCC(C(=O)O)C1)c1cccc(C(F)(F)F)c1.Cl. The molecule has 0 spiro atoms. The monoisotopic (exact) mass is 363 g/mol. The molecule has 1 heterocycles. The molecule has 1 aliphatic rings. The normalized spacial score (nSPS) is 18.2. The summed E-state index contributed by atoms with van der Waals surface area (Å²) < 4.78 is 38.1. The Morgan fingerprint density at radius 1 is 1.33 bits per heavy atom. The third-order valence-electron chi connectivity index (χ3n) is 3.83. The van der Waals surface area contributed by atoms with Crippen molar-refractivity contribution in [2.75, 3.05) is 13.1 Å². The second-order valence-electron chi connectivity index (χ2n) is 5.51. The van der Waals surface area contributed by atoms with E-state index in [0.29, 0.717) is 24.1 Å². The molecule has 0 aromatic heterocycles. The molecule has 24 heavy (non-hydrogen) atoms. The van der Waals surface area contributed by atoms with Crippen molar-refractivity contribution in [3.63, 3.8) is 0 Å². The van der Waals surface area contributed by atoms with E-state index in [0.717, 1.165) is 12.1 Å². The average molecular weight is 364 g/mol. The fraction of sp³-hybridized carbons (Fsp3) is 0.375. The van der Waals surface area contributed by atoms with Crippen LogP contribution in [-0.4, -0.2) is 35.0 Å². The summed E-state index contributed by atoms with van der Waals surface area (Å²) in [6, 6.07) is 4.74. The molecule has 1 aliphatic heterocycles. The van der Waals surface area contributed by atoms with Gasteiger partial charge in [-0.15, -0.1) is 12.4 Å². The van der Waals surface area contributed by atoms with Crippen molar-refractivity contribution in [3.8, 4) is 0 Å². The van der Waals surface area contributed by atoms with E-state index >= 15 is 0 Å². The van der Waals surface area contributed by atoms with Crippen molar-refractivity contribution in [2.24, 2.45) is 5.92 Å². The highest BCUT2D eigenvalue weighted by Gasteiger charge is 2.31. The predicted octanol–water partition coefficient (Wildman–Crippen LogP) is 3.46. The van der Waals surface area contributed by atoms with Gasteiger partial charge in [-0.05, 0) is 36.6 Å². The largest absolute Gasteiger partial charge is 0.481 e. The van der Waals surface area contributed by atoms with Gasteiger partial charge in [0, 0.05) is 19.2 Å². The molecule has 1 amide bonds. The van der Waals surface area contributed by atoms with Crippen molar-refractivity contribution in [3.05, 3.63) is 41.5 Å². The minimum atomic E-state index is -4.44. The maximum absolute atomic E-state index is 12.7. The van der Waals surface area contributed by atoms with E-state index in [2.05, 4.69) is 0 Å². The molecule has 1 unspecified atom stereocenters. The number of carbonyl (C=O) groups is 2. The van der Waals surface area contributed by atoms with Crippen LogP contribution in [0.15, 0.2) is 30.3 Å². The number of benzene rings is 1. The van der Waals surface area contributed by atoms with E-state index in [1.165, 1.54) is 23.1 Å². The highest BCUT2D eigenvalue weighted by molar-refractivity contribution is 5.95. The van der Waals surface area contributed by atoms with Crippen LogP contribution in [0.5, 0.6) is 0 Å². The molecular formula is C16H17ClF3NO3. The highest BCUT2D eigenvalue weighted by Crippen LogP contribution is 2.31. The molecule has 4 nitrogen and oxygen atoms in total. The Hall–Kier alpha value is -2.02. The van der Waals surface area contributed by atoms with E-state index in [9.17, 15) is 22.8 Å². The summed E-state index contributed by atoms with van der Waals surface area (Å²) in [5.41, 5.74) is -0.0654. The summed E-state index contributed by atoms with van der Waals surface area (Å²) in [5, 5.41) is 8.92. The number of allylic oxidation sites excluding steroid dienone is 1. The molecule has 1 N–H and O–H groups in total. The van der Waals surface area contributed by atoms with E-state index in [1.807, 2.05) is 0 Å². The third-order valence-corrected chi connectivity index (χ3v) is 3.83. The quantitative estimate of drug-likeness (QED) is 0.837. The fourth-order valence-corrected chi connectivity index (χ4v) is 2.46. The molecule has 0 aliphatic carbocycles. The molecule has 1 saturated heterocycles. The van der Waals surface area contributed by atoms with E-state index in [4.69, 9.17) is 5.11 Å². The van der Waals surface area contributed by atoms with Gasteiger partial charge >= 0.3 is 12.1 Å². The maximum atomic E-state index is 12.7. The van der Waals surface area contributed by atoms with E-state index in [1.54, 1.807) is 6.92 Å². The van der Waals surface area contributed by atoms with Crippen molar-refractivity contribution in [2.45, 2.75) is 19.5 Å². The number of carboxylic acids is 1. The van der Waals surface area contributed by atoms with E-state index < -0.39 is 23.6 Å². The first-order valence-electron chi connectivity index (χ1n) is 7.06. The fourth-order valence-electron chi connectivity index (χ4n) is 2.46. The topological polar surface area (TPSA) is 57.6 Å². The van der Waals surface area contributed by atoms with Crippen LogP contribution < -0.4 is 0 Å². The number of alkyl halides is 3. The number of hydrogen-bond acceptors (Lipinski definition) is 2. The lowest BCUT2D eigenvalue weighted by molar-refractivity contribution is -0.141. The Morgan fingerprint density at radius 2 is 2.00 bits per heavy atom. The molecule has 0 saturated carbocycles. The molecule has 1 fully saturated rings. The minimum Gasteiger partial charge on any atom is -0.481 e. The first-order valence-corrected chi connectivity index (χ1v) is 7.06. The summed E-state index contributed by atoms with van der Waals surface area (Å²) in [5.74, 6) is -1.91. The van der Waals surface area contributed by atoms with Crippen LogP contribution in [0, 0.1) is 5.92 Å². The predicted molar refractivity (Wildman–Crippen MR) is 84.7 cm³/mol. The van der Waals surface area contributed by atoms with Crippen LogP contribution in [0.3, 0.4) is 0 Å². The van der Waals surface area contributed by atoms with Gasteiger partial charge in [0.2, 0.25) is 5.91 Å². The Balaban J connectivity index is 0.00000288. The first-order chi connectivity index (χ1) is 10.7. The molecular weight excluding hydrogens is 347 g/mol. The van der Waals surface area contributed by atoms with Crippen LogP contribution in [0.25, 0.3) is 5.57 Å². The Bertz CT molecular complexity index is 658. The number of likely N-dealkylation sites (tertiary alicyclic amines) is 1. The van der Waals surface area contributed by atoms with Crippen LogP contribution in [0.2, 0.25) is 0 Å². The second kappa shape index (κ2) is 7.70. The van der Waals surface area contributed by atoms with Gasteiger partial charge in [-0.3, -0.25) is 9.59 Å². The van der Waals surface area contributed by atoms with Crippen molar-refractivity contribution >= 4 is 29.9 Å². The summed E-state index contributed by atoms with van der Waals surface area (Å²) in [6.07, 6.45) is -2.80. The summed E-state index contributed by atoms with van der Waals surface area (Å²) in [6.45, 7) is 2.01. The zero-order chi connectivity index (χ0) is 17.2. The first kappa shape index (κ1) is 20.0. The average Bonchev–Trinajstić information content (AvgIpc) is 2.96. The lowest BCUT2D eigenvalue weighted by atomic mass is 10.0. The number of carboxylic acid groups (broad SMARTS) is 1. The highest BCUT2D eigenvalue weighted by atomic mass is 35.5. The number of carbonyl (C=O) groups excluding carboxylic acids is 1. The van der Waals surface area contributed by atoms with Gasteiger partial charge in [0.15, 0.2) is 0 Å². The number of hydrogen-bond donors (Lipinski definition) is 1. The minimum absolute atomic E-state index is 0. The summed E-state index contributed by atoms with van der Waals surface area (Å²) in [7, 11) is 0. The van der Waals surface area contributed by atoms with Gasteiger partial charge in [0.05, 0.1) is 11.5 Å². The molecule has 132 valence electrons. The van der Waals surface area contributed by atoms with Crippen LogP contribution in [0.4, 0.5) is 13.2 Å². The number of aliphatic carboxylic acids is 1. The summed E-state index contributed by atoms with van der Waals surface area (Å²) >= 11 is 0. The molecule has 1 atom stereocenters. The van der Waals surface area contributed by atoms with E-state index in [-0.39, 0.29) is 24.9 Å². The lowest BCUT2D eigenvalue weighted by Crippen LogP contribution is -2.28. The summed E-state index contributed by atoms with van der Waals surface area (Å²) in [4.78, 5) is 24.4. The molecule has 2 rings (SSSR count). The van der Waals surface area contributed by atoms with Crippen molar-refractivity contribution in [1.82, 2.24) is 4.90 Å². The van der Waals surface area contributed by atoms with Crippen molar-refractivity contribution in [1.29, 1.82) is 0 Å². The lowest BCUT2D eigenvalue weighted by Gasteiger charge is -2.14. The van der Waals surface area contributed by atoms with Crippen LogP contribution >= 0.6 is 12.4 Å². The molecule has 0 radical (unpaired) electrons. The number of rotatable bonds is 3.